The zero-order valence-electron chi connectivity index (χ0n) is 20.5. The minimum atomic E-state index is -0.874. The maximum absolute atomic E-state index is 14.4. The maximum Gasteiger partial charge on any atom is 0.323 e. The Hall–Kier alpha value is -3.33. The second-order valence-corrected chi connectivity index (χ2v) is 8.53. The van der Waals surface area contributed by atoms with Gasteiger partial charge in [0, 0.05) is 31.9 Å². The fraction of sp³-hybridized carbons (Fsp3) is 0.462. The zero-order chi connectivity index (χ0) is 25.4. The molecule has 0 aliphatic carbocycles. The smallest absolute Gasteiger partial charge is 0.323 e. The van der Waals surface area contributed by atoms with Crippen molar-refractivity contribution >= 4 is 29.1 Å². The number of hydrogen-bond donors (Lipinski definition) is 3. The number of halogens is 1. The zero-order valence-corrected chi connectivity index (χ0v) is 20.5. The van der Waals surface area contributed by atoms with Crippen molar-refractivity contribution < 1.29 is 28.6 Å². The summed E-state index contributed by atoms with van der Waals surface area (Å²) < 4.78 is 24.9. The fourth-order valence-electron chi connectivity index (χ4n) is 4.49. The molecule has 1 aliphatic rings. The molecule has 9 heteroatoms. The lowest BCUT2D eigenvalue weighted by molar-refractivity contribution is -0.137. The normalized spacial score (nSPS) is 14.7. The number of urea groups is 1. The third kappa shape index (κ3) is 6.85. The minimum absolute atomic E-state index is 0.00397. The van der Waals surface area contributed by atoms with E-state index >= 15 is 0 Å². The van der Waals surface area contributed by atoms with Crippen LogP contribution in [0.5, 0.6) is 5.75 Å². The van der Waals surface area contributed by atoms with E-state index in [1.807, 2.05) is 25.1 Å². The average molecular weight is 488 g/mol. The quantitative estimate of drug-likeness (QED) is 0.412. The molecule has 3 rings (SSSR count). The van der Waals surface area contributed by atoms with Gasteiger partial charge in [-0.3, -0.25) is 4.79 Å². The van der Waals surface area contributed by atoms with Gasteiger partial charge in [-0.2, -0.15) is 0 Å². The molecule has 1 atom stereocenters. The summed E-state index contributed by atoms with van der Waals surface area (Å²) in [4.78, 5) is 26.5. The van der Waals surface area contributed by atoms with Gasteiger partial charge in [-0.25, -0.2) is 9.18 Å². The highest BCUT2D eigenvalue weighted by Crippen LogP contribution is 2.35. The topological polar surface area (TPSA) is 100 Å². The largest absolute Gasteiger partial charge is 0.497 e. The molecule has 8 nitrogen and oxygen atoms in total. The number of anilines is 3. The molecule has 0 bridgehead atoms. The molecule has 35 heavy (non-hydrogen) atoms. The monoisotopic (exact) mass is 487 g/mol. The van der Waals surface area contributed by atoms with Crippen molar-refractivity contribution in [1.82, 2.24) is 0 Å². The van der Waals surface area contributed by atoms with Crippen LogP contribution in [0.3, 0.4) is 0 Å². The van der Waals surface area contributed by atoms with Crippen LogP contribution in [-0.2, 0) is 9.53 Å². The van der Waals surface area contributed by atoms with Crippen LogP contribution in [0.1, 0.15) is 51.0 Å². The number of rotatable bonds is 10. The Labute approximate surface area is 205 Å². The van der Waals surface area contributed by atoms with Crippen LogP contribution in [-0.4, -0.2) is 50.0 Å². The molecule has 190 valence electrons. The highest BCUT2D eigenvalue weighted by molar-refractivity contribution is 6.02. The SMILES string of the molecule is CC[C@H](CC(=O)O)c1ccc(N(CC)C2CCOCC2)c(NC(=O)Nc2ccc(OC)cc2F)c1. The van der Waals surface area contributed by atoms with Gasteiger partial charge >= 0.3 is 12.0 Å². The van der Waals surface area contributed by atoms with Crippen molar-refractivity contribution in [3.63, 3.8) is 0 Å². The first-order chi connectivity index (χ1) is 16.9. The Bertz CT molecular complexity index is 1030. The molecule has 1 heterocycles. The van der Waals surface area contributed by atoms with Crippen LogP contribution in [0.4, 0.5) is 26.2 Å². The molecule has 0 aromatic heterocycles. The summed E-state index contributed by atoms with van der Waals surface area (Å²) in [6.07, 6.45) is 2.38. The summed E-state index contributed by atoms with van der Waals surface area (Å²) in [5.74, 6) is -1.33. The first-order valence-corrected chi connectivity index (χ1v) is 12.0. The minimum Gasteiger partial charge on any atom is -0.497 e. The van der Waals surface area contributed by atoms with Crippen LogP contribution in [0, 0.1) is 5.82 Å². The summed E-state index contributed by atoms with van der Waals surface area (Å²) in [6, 6.07) is 9.55. The Morgan fingerprint density at radius 2 is 1.86 bits per heavy atom. The number of ether oxygens (including phenoxy) is 2. The van der Waals surface area contributed by atoms with Gasteiger partial charge in [-0.05, 0) is 61.9 Å². The highest BCUT2D eigenvalue weighted by atomic mass is 19.1. The number of nitrogens with one attached hydrogen (secondary N) is 2. The predicted molar refractivity (Wildman–Crippen MR) is 134 cm³/mol. The van der Waals surface area contributed by atoms with Crippen molar-refractivity contribution in [1.29, 1.82) is 0 Å². The summed E-state index contributed by atoms with van der Waals surface area (Å²) in [5, 5.41) is 14.8. The molecule has 0 spiro atoms. The molecule has 1 aliphatic heterocycles. The summed E-state index contributed by atoms with van der Waals surface area (Å²) in [6.45, 7) is 6.07. The van der Waals surface area contributed by atoms with E-state index in [1.165, 1.54) is 19.2 Å². The number of carboxylic acid groups (broad SMARTS) is 1. The highest BCUT2D eigenvalue weighted by Gasteiger charge is 2.24. The van der Waals surface area contributed by atoms with Crippen molar-refractivity contribution in [2.75, 3.05) is 42.4 Å². The number of nitrogens with zero attached hydrogens (tertiary/aromatic N) is 1. The van der Waals surface area contributed by atoms with E-state index in [1.54, 1.807) is 6.07 Å². The van der Waals surface area contributed by atoms with Gasteiger partial charge in [0.15, 0.2) is 0 Å². The van der Waals surface area contributed by atoms with Crippen molar-refractivity contribution in [3.8, 4) is 5.75 Å². The third-order valence-electron chi connectivity index (χ3n) is 6.36. The van der Waals surface area contributed by atoms with Crippen LogP contribution in [0.2, 0.25) is 0 Å². The molecule has 1 saturated heterocycles. The molecule has 0 radical (unpaired) electrons. The Morgan fingerprint density at radius 1 is 1.14 bits per heavy atom. The van der Waals surface area contributed by atoms with E-state index in [-0.39, 0.29) is 24.1 Å². The molecule has 2 aromatic rings. The van der Waals surface area contributed by atoms with Crippen LogP contribution >= 0.6 is 0 Å². The number of amides is 2. The molecule has 0 saturated carbocycles. The lowest BCUT2D eigenvalue weighted by Crippen LogP contribution is -2.40. The molecular weight excluding hydrogens is 453 g/mol. The van der Waals surface area contributed by atoms with Crippen LogP contribution in [0.15, 0.2) is 36.4 Å². The number of benzene rings is 2. The van der Waals surface area contributed by atoms with E-state index < -0.39 is 17.8 Å². The molecule has 0 unspecified atom stereocenters. The van der Waals surface area contributed by atoms with Crippen molar-refractivity contribution in [2.45, 2.75) is 51.5 Å². The molecule has 2 aromatic carbocycles. The van der Waals surface area contributed by atoms with E-state index in [0.29, 0.717) is 31.1 Å². The van der Waals surface area contributed by atoms with Crippen LogP contribution < -0.4 is 20.3 Å². The van der Waals surface area contributed by atoms with E-state index in [9.17, 15) is 19.1 Å². The first-order valence-electron chi connectivity index (χ1n) is 12.0. The van der Waals surface area contributed by atoms with Crippen LogP contribution in [0.25, 0.3) is 0 Å². The number of carboxylic acids is 1. The average Bonchev–Trinajstić information content (AvgIpc) is 2.85. The Morgan fingerprint density at radius 3 is 2.46 bits per heavy atom. The molecule has 1 fully saturated rings. The lowest BCUT2D eigenvalue weighted by Gasteiger charge is -2.36. The summed E-state index contributed by atoms with van der Waals surface area (Å²) >= 11 is 0. The maximum atomic E-state index is 14.4. The van der Waals surface area contributed by atoms with E-state index in [4.69, 9.17) is 9.47 Å². The summed E-state index contributed by atoms with van der Waals surface area (Å²) in [7, 11) is 1.44. The van der Waals surface area contributed by atoms with Gasteiger partial charge in [-0.1, -0.05) is 13.0 Å². The molecular formula is C26H34FN3O5. The lowest BCUT2D eigenvalue weighted by atomic mass is 9.92. The summed E-state index contributed by atoms with van der Waals surface area (Å²) in [5.41, 5.74) is 2.23. The second-order valence-electron chi connectivity index (χ2n) is 8.53. The standard InChI is InChI=1S/C26H34FN3O5/c1-4-17(15-25(31)32)18-6-9-24(30(5-2)19-10-12-35-13-11-19)23(14-18)29-26(33)28-22-8-7-20(34-3)16-21(22)27/h6-9,14,16-17,19H,4-5,10-13,15H2,1-3H3,(H,31,32)(H2,28,29,33)/t17-/m1/s1. The van der Waals surface area contributed by atoms with Crippen molar-refractivity contribution in [2.24, 2.45) is 0 Å². The van der Waals surface area contributed by atoms with E-state index in [2.05, 4.69) is 22.5 Å². The van der Waals surface area contributed by atoms with E-state index in [0.717, 1.165) is 30.6 Å². The van der Waals surface area contributed by atoms with Gasteiger partial charge in [0.2, 0.25) is 0 Å². The number of methoxy groups -OCH3 is 1. The number of carbonyl (C=O) groups excluding carboxylic acids is 1. The predicted octanol–water partition coefficient (Wildman–Crippen LogP) is 5.45. The Kier molecular flexibility index (Phi) is 9.31. The fourth-order valence-corrected chi connectivity index (χ4v) is 4.49. The molecule has 2 amide bonds. The number of carbonyl (C=O) groups is 2. The second kappa shape index (κ2) is 12.4. The van der Waals surface area contributed by atoms with Gasteiger partial charge in [0.1, 0.15) is 11.6 Å². The molecule has 3 N–H and O–H groups in total. The van der Waals surface area contributed by atoms with Gasteiger partial charge in [0.05, 0.1) is 30.6 Å². The Balaban J connectivity index is 1.92. The third-order valence-corrected chi connectivity index (χ3v) is 6.36. The number of aliphatic carboxylic acids is 1. The number of hydrogen-bond acceptors (Lipinski definition) is 5. The van der Waals surface area contributed by atoms with Gasteiger partial charge < -0.3 is 30.1 Å². The van der Waals surface area contributed by atoms with Gasteiger partial charge in [0.25, 0.3) is 0 Å². The van der Waals surface area contributed by atoms with Crippen molar-refractivity contribution in [3.05, 3.63) is 47.8 Å². The first kappa shape index (κ1) is 26.3. The van der Waals surface area contributed by atoms with Gasteiger partial charge in [-0.15, -0.1) is 0 Å².